The van der Waals surface area contributed by atoms with Gasteiger partial charge in [-0.2, -0.15) is 0 Å². The molecule has 0 aliphatic carbocycles. The van der Waals surface area contributed by atoms with Gasteiger partial charge in [-0.25, -0.2) is 4.39 Å². The summed E-state index contributed by atoms with van der Waals surface area (Å²) >= 11 is 13.2. The van der Waals surface area contributed by atoms with E-state index in [1.54, 1.807) is 37.3 Å². The highest BCUT2D eigenvalue weighted by Crippen LogP contribution is 2.28. The van der Waals surface area contributed by atoms with E-state index < -0.39 is 0 Å². The summed E-state index contributed by atoms with van der Waals surface area (Å²) in [6.45, 7) is 1.77. The van der Waals surface area contributed by atoms with Crippen molar-refractivity contribution in [2.75, 3.05) is 5.32 Å². The summed E-state index contributed by atoms with van der Waals surface area (Å²) in [5.41, 5.74) is 0.512. The predicted molar refractivity (Wildman–Crippen MR) is 86.8 cm³/mol. The number of rotatable bonds is 4. The van der Waals surface area contributed by atoms with E-state index >= 15 is 0 Å². The molecule has 6 heteroatoms. The SMILES string of the molecule is CC(Sc1ccc(F)cc1)C(=O)Nc1ccc(Cl)cc1Cl. The second kappa shape index (κ2) is 7.16. The zero-order valence-electron chi connectivity index (χ0n) is 11.1. The van der Waals surface area contributed by atoms with E-state index in [4.69, 9.17) is 23.2 Å². The Labute approximate surface area is 136 Å². The third-order valence-corrected chi connectivity index (χ3v) is 4.34. The van der Waals surface area contributed by atoms with Crippen molar-refractivity contribution < 1.29 is 9.18 Å². The molecule has 1 amide bonds. The molecule has 0 fully saturated rings. The van der Waals surface area contributed by atoms with Crippen molar-refractivity contribution in [3.05, 3.63) is 58.3 Å². The quantitative estimate of drug-likeness (QED) is 0.768. The van der Waals surface area contributed by atoms with E-state index in [0.717, 1.165) is 4.90 Å². The number of halogens is 3. The van der Waals surface area contributed by atoms with Gasteiger partial charge < -0.3 is 5.32 Å². The maximum Gasteiger partial charge on any atom is 0.237 e. The molecule has 0 saturated carbocycles. The summed E-state index contributed by atoms with van der Waals surface area (Å²) in [4.78, 5) is 12.9. The van der Waals surface area contributed by atoms with Gasteiger partial charge in [0.2, 0.25) is 5.91 Å². The third-order valence-electron chi connectivity index (χ3n) is 2.68. The van der Waals surface area contributed by atoms with Crippen LogP contribution in [-0.4, -0.2) is 11.2 Å². The Morgan fingerprint density at radius 3 is 2.48 bits per heavy atom. The number of amides is 1. The van der Waals surface area contributed by atoms with Crippen LogP contribution in [0.25, 0.3) is 0 Å². The van der Waals surface area contributed by atoms with Crippen molar-refractivity contribution in [2.45, 2.75) is 17.1 Å². The maximum absolute atomic E-state index is 12.8. The lowest BCUT2D eigenvalue weighted by atomic mass is 10.3. The summed E-state index contributed by atoms with van der Waals surface area (Å²) in [5.74, 6) is -0.488. The summed E-state index contributed by atoms with van der Waals surface area (Å²) < 4.78 is 12.8. The minimum atomic E-state index is -0.345. The minimum Gasteiger partial charge on any atom is -0.324 e. The summed E-state index contributed by atoms with van der Waals surface area (Å²) in [7, 11) is 0. The number of benzene rings is 2. The Bertz CT molecular complexity index is 649. The Morgan fingerprint density at radius 1 is 1.19 bits per heavy atom. The molecule has 0 bridgehead atoms. The third kappa shape index (κ3) is 4.63. The van der Waals surface area contributed by atoms with Gasteiger partial charge in [0.15, 0.2) is 0 Å². The summed E-state index contributed by atoms with van der Waals surface area (Å²) in [6, 6.07) is 10.9. The zero-order chi connectivity index (χ0) is 15.4. The van der Waals surface area contributed by atoms with Crippen LogP contribution in [0.15, 0.2) is 47.4 Å². The van der Waals surface area contributed by atoms with E-state index in [-0.39, 0.29) is 17.0 Å². The first-order valence-corrected chi connectivity index (χ1v) is 7.77. The van der Waals surface area contributed by atoms with Crippen LogP contribution in [0.2, 0.25) is 10.0 Å². The Kier molecular flexibility index (Phi) is 5.51. The lowest BCUT2D eigenvalue weighted by Gasteiger charge is -2.13. The molecule has 2 aromatic rings. The fourth-order valence-electron chi connectivity index (χ4n) is 1.60. The molecule has 110 valence electrons. The van der Waals surface area contributed by atoms with Crippen molar-refractivity contribution in [1.82, 2.24) is 0 Å². The van der Waals surface area contributed by atoms with E-state index in [1.807, 2.05) is 0 Å². The van der Waals surface area contributed by atoms with Gasteiger partial charge in [-0.05, 0) is 49.4 Å². The highest BCUT2D eigenvalue weighted by atomic mass is 35.5. The lowest BCUT2D eigenvalue weighted by Crippen LogP contribution is -2.22. The Balaban J connectivity index is 2.00. The van der Waals surface area contributed by atoms with Gasteiger partial charge in [0.05, 0.1) is 16.0 Å². The average molecular weight is 344 g/mol. The van der Waals surface area contributed by atoms with Crippen LogP contribution in [-0.2, 0) is 4.79 Å². The van der Waals surface area contributed by atoms with Crippen LogP contribution in [0.1, 0.15) is 6.92 Å². The molecule has 0 heterocycles. The van der Waals surface area contributed by atoms with Crippen LogP contribution in [0.4, 0.5) is 10.1 Å². The van der Waals surface area contributed by atoms with Crippen LogP contribution < -0.4 is 5.32 Å². The van der Waals surface area contributed by atoms with Gasteiger partial charge >= 0.3 is 0 Å². The van der Waals surface area contributed by atoms with Crippen molar-refractivity contribution in [3.63, 3.8) is 0 Å². The number of anilines is 1. The molecule has 1 N–H and O–H groups in total. The largest absolute Gasteiger partial charge is 0.324 e. The first kappa shape index (κ1) is 16.1. The predicted octanol–water partition coefficient (Wildman–Crippen LogP) is 5.25. The topological polar surface area (TPSA) is 29.1 Å². The van der Waals surface area contributed by atoms with Gasteiger partial charge in [0.1, 0.15) is 5.82 Å². The molecule has 2 rings (SSSR count). The maximum atomic E-state index is 12.8. The molecule has 1 unspecified atom stereocenters. The second-order valence-corrected chi connectivity index (χ2v) is 6.59. The smallest absolute Gasteiger partial charge is 0.237 e. The van der Waals surface area contributed by atoms with Gasteiger partial charge in [0, 0.05) is 9.92 Å². The molecule has 21 heavy (non-hydrogen) atoms. The van der Waals surface area contributed by atoms with E-state index in [9.17, 15) is 9.18 Å². The van der Waals surface area contributed by atoms with Crippen molar-refractivity contribution >= 4 is 46.6 Å². The van der Waals surface area contributed by atoms with Crippen molar-refractivity contribution in [2.24, 2.45) is 0 Å². The van der Waals surface area contributed by atoms with Gasteiger partial charge in [-0.15, -0.1) is 11.8 Å². The first-order valence-electron chi connectivity index (χ1n) is 6.14. The van der Waals surface area contributed by atoms with Gasteiger partial charge in [0.25, 0.3) is 0 Å². The molecule has 0 aliphatic rings. The lowest BCUT2D eigenvalue weighted by molar-refractivity contribution is -0.115. The highest BCUT2D eigenvalue weighted by molar-refractivity contribution is 8.00. The van der Waals surface area contributed by atoms with Crippen LogP contribution in [0.5, 0.6) is 0 Å². The summed E-state index contributed by atoms with van der Waals surface area (Å²) in [5, 5.41) is 3.29. The molecule has 1 atom stereocenters. The Hall–Kier alpha value is -1.23. The zero-order valence-corrected chi connectivity index (χ0v) is 13.4. The van der Waals surface area contributed by atoms with E-state index in [0.29, 0.717) is 15.7 Å². The number of carbonyl (C=O) groups is 1. The molecule has 0 radical (unpaired) electrons. The molecular formula is C15H12Cl2FNOS. The fraction of sp³-hybridized carbons (Fsp3) is 0.133. The number of nitrogens with one attached hydrogen (secondary N) is 1. The van der Waals surface area contributed by atoms with E-state index in [2.05, 4.69) is 5.32 Å². The normalized spacial score (nSPS) is 12.0. The van der Waals surface area contributed by atoms with Crippen LogP contribution in [0.3, 0.4) is 0 Å². The first-order chi connectivity index (χ1) is 9.95. The Morgan fingerprint density at radius 2 is 1.86 bits per heavy atom. The number of carbonyl (C=O) groups excluding carboxylic acids is 1. The number of thioether (sulfide) groups is 1. The molecule has 2 nitrogen and oxygen atoms in total. The van der Waals surface area contributed by atoms with Gasteiger partial charge in [-0.3, -0.25) is 4.79 Å². The molecule has 2 aromatic carbocycles. The molecule has 0 spiro atoms. The monoisotopic (exact) mass is 343 g/mol. The molecule has 0 aliphatic heterocycles. The molecular weight excluding hydrogens is 332 g/mol. The van der Waals surface area contributed by atoms with Crippen LogP contribution in [0, 0.1) is 5.82 Å². The highest BCUT2D eigenvalue weighted by Gasteiger charge is 2.15. The van der Waals surface area contributed by atoms with Crippen LogP contribution >= 0.6 is 35.0 Å². The van der Waals surface area contributed by atoms with Crippen molar-refractivity contribution in [3.8, 4) is 0 Å². The standard InChI is InChI=1S/C15H12Cl2FNOS/c1-9(21-12-5-3-11(18)4-6-12)15(20)19-14-7-2-10(16)8-13(14)17/h2-9H,1H3,(H,19,20). The summed E-state index contributed by atoms with van der Waals surface area (Å²) in [6.07, 6.45) is 0. The minimum absolute atomic E-state index is 0.187. The number of hydrogen-bond donors (Lipinski definition) is 1. The molecule has 0 saturated heterocycles. The molecule has 0 aromatic heterocycles. The number of hydrogen-bond acceptors (Lipinski definition) is 2. The average Bonchev–Trinajstić information content (AvgIpc) is 2.44. The van der Waals surface area contributed by atoms with E-state index in [1.165, 1.54) is 23.9 Å². The van der Waals surface area contributed by atoms with Crippen molar-refractivity contribution in [1.29, 1.82) is 0 Å². The second-order valence-electron chi connectivity index (χ2n) is 4.33. The fourth-order valence-corrected chi connectivity index (χ4v) is 2.92. The van der Waals surface area contributed by atoms with Gasteiger partial charge in [-0.1, -0.05) is 23.2 Å².